The molecule has 2 aromatic carbocycles. The van der Waals surface area contributed by atoms with E-state index < -0.39 is 12.3 Å². The van der Waals surface area contributed by atoms with Crippen LogP contribution in [-0.2, 0) is 20.7 Å². The van der Waals surface area contributed by atoms with Crippen molar-refractivity contribution in [1.29, 1.82) is 0 Å². The topological polar surface area (TPSA) is 67.9 Å². The van der Waals surface area contributed by atoms with Gasteiger partial charge in [0.1, 0.15) is 6.04 Å². The molecule has 1 unspecified atom stereocenters. The van der Waals surface area contributed by atoms with Crippen LogP contribution in [0.3, 0.4) is 0 Å². The first-order valence-electron chi connectivity index (χ1n) is 8.92. The molecule has 3 rings (SSSR count). The first-order valence-corrected chi connectivity index (χ1v) is 8.92. The summed E-state index contributed by atoms with van der Waals surface area (Å²) in [5.74, 6) is -0.386. The summed E-state index contributed by atoms with van der Waals surface area (Å²) in [7, 11) is 3.02. The van der Waals surface area contributed by atoms with E-state index in [-0.39, 0.29) is 18.4 Å². The Hall–Kier alpha value is -2.70. The molecular weight excluding hydrogens is 344 g/mol. The molecule has 1 aliphatic heterocycles. The number of amides is 2. The van der Waals surface area contributed by atoms with Crippen molar-refractivity contribution in [3.05, 3.63) is 71.3 Å². The highest BCUT2D eigenvalue weighted by Crippen LogP contribution is 2.34. The van der Waals surface area contributed by atoms with Crippen LogP contribution in [0.4, 0.5) is 0 Å². The maximum absolute atomic E-state index is 12.9. The Morgan fingerprint density at radius 3 is 2.44 bits per heavy atom. The summed E-state index contributed by atoms with van der Waals surface area (Å²) in [5, 5.41) is 2.96. The van der Waals surface area contributed by atoms with Gasteiger partial charge in [0, 0.05) is 26.3 Å². The fourth-order valence-electron chi connectivity index (χ4n) is 3.32. The number of ether oxygens (including phenoxy) is 2. The normalized spacial score (nSPS) is 15.9. The van der Waals surface area contributed by atoms with Crippen molar-refractivity contribution < 1.29 is 19.1 Å². The Labute approximate surface area is 159 Å². The number of methoxy groups -OCH3 is 2. The third-order valence-corrected chi connectivity index (χ3v) is 4.73. The second-order valence-corrected chi connectivity index (χ2v) is 6.37. The van der Waals surface area contributed by atoms with Crippen LogP contribution in [0.5, 0.6) is 0 Å². The lowest BCUT2D eigenvalue weighted by Crippen LogP contribution is -2.43. The number of carbonyl (C=O) groups excluding carboxylic acids is 2. The van der Waals surface area contributed by atoms with Crippen LogP contribution in [-0.4, -0.2) is 50.3 Å². The average molecular weight is 368 g/mol. The number of hydrogen-bond donors (Lipinski definition) is 1. The van der Waals surface area contributed by atoms with Gasteiger partial charge < -0.3 is 19.7 Å². The Bertz CT molecular complexity index is 790. The van der Waals surface area contributed by atoms with Gasteiger partial charge in [0.15, 0.2) is 6.29 Å². The van der Waals surface area contributed by atoms with Gasteiger partial charge in [-0.1, -0.05) is 48.5 Å². The van der Waals surface area contributed by atoms with Gasteiger partial charge in [0.25, 0.3) is 5.91 Å². The van der Waals surface area contributed by atoms with Gasteiger partial charge >= 0.3 is 0 Å². The molecule has 1 heterocycles. The van der Waals surface area contributed by atoms with Crippen LogP contribution in [0.15, 0.2) is 54.6 Å². The van der Waals surface area contributed by atoms with Crippen molar-refractivity contribution in [2.75, 3.05) is 27.3 Å². The standard InChI is InChI=1S/C21H24N2O4/c1-26-18(27-2)14-23-19(16-10-6-7-11-17(16)21(23)25)20(24)22-13-12-15-8-4-3-5-9-15/h3-11,18-19H,12-14H2,1-2H3,(H,22,24). The zero-order valence-corrected chi connectivity index (χ0v) is 15.6. The second-order valence-electron chi connectivity index (χ2n) is 6.37. The predicted octanol–water partition coefficient (Wildman–Crippen LogP) is 2.16. The largest absolute Gasteiger partial charge is 0.354 e. The minimum atomic E-state index is -0.683. The molecule has 0 spiro atoms. The molecule has 1 aliphatic rings. The van der Waals surface area contributed by atoms with E-state index in [1.165, 1.54) is 19.1 Å². The monoisotopic (exact) mass is 368 g/mol. The number of carbonyl (C=O) groups is 2. The highest BCUT2D eigenvalue weighted by atomic mass is 16.7. The molecule has 0 saturated heterocycles. The van der Waals surface area contributed by atoms with E-state index in [2.05, 4.69) is 5.32 Å². The molecule has 0 radical (unpaired) electrons. The van der Waals surface area contributed by atoms with Crippen molar-refractivity contribution in [2.24, 2.45) is 0 Å². The fraction of sp³-hybridized carbons (Fsp3) is 0.333. The molecule has 1 atom stereocenters. The number of hydrogen-bond acceptors (Lipinski definition) is 4. The number of benzene rings is 2. The summed E-state index contributed by atoms with van der Waals surface area (Å²) >= 11 is 0. The van der Waals surface area contributed by atoms with E-state index >= 15 is 0 Å². The summed E-state index contributed by atoms with van der Waals surface area (Å²) in [4.78, 5) is 27.2. The molecule has 6 nitrogen and oxygen atoms in total. The first kappa shape index (κ1) is 19.1. The van der Waals surface area contributed by atoms with E-state index in [1.807, 2.05) is 42.5 Å². The predicted molar refractivity (Wildman–Crippen MR) is 101 cm³/mol. The number of nitrogens with zero attached hydrogens (tertiary/aromatic N) is 1. The number of fused-ring (bicyclic) bond motifs is 1. The maximum atomic E-state index is 12.9. The van der Waals surface area contributed by atoms with Crippen molar-refractivity contribution in [3.63, 3.8) is 0 Å². The molecule has 27 heavy (non-hydrogen) atoms. The van der Waals surface area contributed by atoms with Gasteiger partial charge in [-0.2, -0.15) is 0 Å². The zero-order chi connectivity index (χ0) is 19.2. The van der Waals surface area contributed by atoms with E-state index in [4.69, 9.17) is 9.47 Å². The lowest BCUT2D eigenvalue weighted by molar-refractivity contribution is -0.132. The van der Waals surface area contributed by atoms with Gasteiger partial charge in [-0.3, -0.25) is 9.59 Å². The molecule has 0 fully saturated rings. The number of rotatable bonds is 8. The van der Waals surface area contributed by atoms with Crippen LogP contribution in [0.1, 0.15) is 27.5 Å². The molecule has 142 valence electrons. The molecule has 2 aromatic rings. The summed E-state index contributed by atoms with van der Waals surface area (Å²) < 4.78 is 10.5. The van der Waals surface area contributed by atoms with E-state index in [0.717, 1.165) is 12.0 Å². The highest BCUT2D eigenvalue weighted by Gasteiger charge is 2.41. The summed E-state index contributed by atoms with van der Waals surface area (Å²) in [6.45, 7) is 0.679. The van der Waals surface area contributed by atoms with E-state index in [9.17, 15) is 9.59 Å². The third-order valence-electron chi connectivity index (χ3n) is 4.73. The molecule has 2 amide bonds. The molecule has 0 bridgehead atoms. The van der Waals surface area contributed by atoms with Gasteiger partial charge in [-0.25, -0.2) is 0 Å². The van der Waals surface area contributed by atoms with Crippen LogP contribution >= 0.6 is 0 Å². The lowest BCUT2D eigenvalue weighted by Gasteiger charge is -2.27. The van der Waals surface area contributed by atoms with Gasteiger partial charge in [0.2, 0.25) is 5.91 Å². The molecule has 0 saturated carbocycles. The van der Waals surface area contributed by atoms with Crippen molar-refractivity contribution in [1.82, 2.24) is 10.2 Å². The minimum Gasteiger partial charge on any atom is -0.354 e. The van der Waals surface area contributed by atoms with E-state index in [0.29, 0.717) is 17.7 Å². The van der Waals surface area contributed by atoms with Crippen LogP contribution in [0.2, 0.25) is 0 Å². The van der Waals surface area contributed by atoms with Crippen LogP contribution in [0.25, 0.3) is 0 Å². The molecule has 0 aliphatic carbocycles. The van der Waals surface area contributed by atoms with Crippen molar-refractivity contribution in [2.45, 2.75) is 18.8 Å². The SMILES string of the molecule is COC(CN1C(=O)c2ccccc2C1C(=O)NCCc1ccccc1)OC. The summed E-state index contributed by atoms with van der Waals surface area (Å²) in [5.41, 5.74) is 2.41. The Morgan fingerprint density at radius 1 is 1.07 bits per heavy atom. The second kappa shape index (κ2) is 8.79. The van der Waals surface area contributed by atoms with Crippen LogP contribution < -0.4 is 5.32 Å². The maximum Gasteiger partial charge on any atom is 0.255 e. The Morgan fingerprint density at radius 2 is 1.74 bits per heavy atom. The summed E-state index contributed by atoms with van der Waals surface area (Å²) in [6, 6.07) is 16.5. The average Bonchev–Trinajstić information content (AvgIpc) is 2.99. The summed E-state index contributed by atoms with van der Waals surface area (Å²) in [6.07, 6.45) is 0.135. The van der Waals surface area contributed by atoms with Gasteiger partial charge in [-0.05, 0) is 23.6 Å². The van der Waals surface area contributed by atoms with Crippen molar-refractivity contribution >= 4 is 11.8 Å². The molecule has 1 N–H and O–H groups in total. The smallest absolute Gasteiger partial charge is 0.255 e. The molecule has 0 aromatic heterocycles. The minimum absolute atomic E-state index is 0.178. The quantitative estimate of drug-likeness (QED) is 0.725. The van der Waals surface area contributed by atoms with Gasteiger partial charge in [0.05, 0.1) is 6.54 Å². The highest BCUT2D eigenvalue weighted by molar-refractivity contribution is 6.04. The Kier molecular flexibility index (Phi) is 6.21. The molecule has 6 heteroatoms. The van der Waals surface area contributed by atoms with Crippen molar-refractivity contribution in [3.8, 4) is 0 Å². The van der Waals surface area contributed by atoms with Gasteiger partial charge in [-0.15, -0.1) is 0 Å². The number of nitrogens with one attached hydrogen (secondary N) is 1. The Balaban J connectivity index is 1.74. The third kappa shape index (κ3) is 4.18. The molecular formula is C21H24N2O4. The zero-order valence-electron chi connectivity index (χ0n) is 15.6. The first-order chi connectivity index (χ1) is 13.2. The lowest BCUT2D eigenvalue weighted by atomic mass is 10.0. The fourth-order valence-corrected chi connectivity index (χ4v) is 3.32. The van der Waals surface area contributed by atoms with Crippen LogP contribution in [0, 0.1) is 0 Å². The van der Waals surface area contributed by atoms with E-state index in [1.54, 1.807) is 12.1 Å².